The van der Waals surface area contributed by atoms with Crippen molar-refractivity contribution in [1.82, 2.24) is 4.90 Å². The van der Waals surface area contributed by atoms with E-state index in [0.29, 0.717) is 13.0 Å². The van der Waals surface area contributed by atoms with Gasteiger partial charge in [0.2, 0.25) is 5.91 Å². The summed E-state index contributed by atoms with van der Waals surface area (Å²) >= 11 is 0. The highest BCUT2D eigenvalue weighted by Crippen LogP contribution is 2.36. The summed E-state index contributed by atoms with van der Waals surface area (Å²) in [4.78, 5) is 14.6. The first-order valence-electron chi connectivity index (χ1n) is 9.23. The third kappa shape index (κ3) is 4.68. The normalized spacial score (nSPS) is 15.5. The van der Waals surface area contributed by atoms with Gasteiger partial charge in [0.15, 0.2) is 0 Å². The second-order valence-corrected chi connectivity index (χ2v) is 6.94. The van der Waals surface area contributed by atoms with Crippen molar-refractivity contribution in [3.05, 3.63) is 65.0 Å². The van der Waals surface area contributed by atoms with E-state index in [4.69, 9.17) is 11.2 Å². The molecule has 0 fully saturated rings. The maximum Gasteiger partial charge on any atom is 0.224 e. The molecule has 0 aromatic heterocycles. The molecule has 27 heavy (non-hydrogen) atoms. The standard InChI is InChI=1S/C23H24FNO2/c1-3-13-25(16-17-7-9-20(24)10-8-17)23(26)15-19-6-4-5-18-14-21(27-2)11-12-22(18)19/h1,7-12,14,19H,4-6,13,15-16H2,2H3. The Balaban J connectivity index is 1.73. The van der Waals surface area contributed by atoms with E-state index in [1.165, 1.54) is 23.3 Å². The van der Waals surface area contributed by atoms with Gasteiger partial charge in [-0.2, -0.15) is 0 Å². The second-order valence-electron chi connectivity index (χ2n) is 6.94. The largest absolute Gasteiger partial charge is 0.497 e. The molecule has 1 atom stereocenters. The summed E-state index contributed by atoms with van der Waals surface area (Å²) < 4.78 is 18.4. The van der Waals surface area contributed by atoms with Crippen LogP contribution in [0.5, 0.6) is 5.75 Å². The van der Waals surface area contributed by atoms with Gasteiger partial charge in [-0.1, -0.05) is 24.1 Å². The highest BCUT2D eigenvalue weighted by atomic mass is 19.1. The molecule has 0 saturated heterocycles. The summed E-state index contributed by atoms with van der Waals surface area (Å²) in [6.45, 7) is 0.643. The topological polar surface area (TPSA) is 29.5 Å². The van der Waals surface area contributed by atoms with Gasteiger partial charge in [-0.25, -0.2) is 4.39 Å². The van der Waals surface area contributed by atoms with Crippen LogP contribution in [-0.4, -0.2) is 24.5 Å². The van der Waals surface area contributed by atoms with Crippen LogP contribution >= 0.6 is 0 Å². The third-order valence-electron chi connectivity index (χ3n) is 5.13. The Bertz CT molecular complexity index is 838. The monoisotopic (exact) mass is 365 g/mol. The molecule has 0 bridgehead atoms. The van der Waals surface area contributed by atoms with Crippen molar-refractivity contribution in [2.45, 2.75) is 38.1 Å². The fourth-order valence-electron chi connectivity index (χ4n) is 3.72. The predicted octanol–water partition coefficient (Wildman–Crippen LogP) is 4.31. The zero-order valence-corrected chi connectivity index (χ0v) is 15.6. The van der Waals surface area contributed by atoms with Crippen LogP contribution in [0.15, 0.2) is 42.5 Å². The SMILES string of the molecule is C#CCN(Cc1ccc(F)cc1)C(=O)CC1CCCc2cc(OC)ccc21. The van der Waals surface area contributed by atoms with Crippen LogP contribution in [0.4, 0.5) is 4.39 Å². The van der Waals surface area contributed by atoms with Gasteiger partial charge in [-0.15, -0.1) is 6.42 Å². The molecule has 4 heteroatoms. The number of methoxy groups -OCH3 is 1. The number of ether oxygens (including phenoxy) is 1. The molecular weight excluding hydrogens is 341 g/mol. The molecule has 1 unspecified atom stereocenters. The molecule has 2 aromatic rings. The fourth-order valence-corrected chi connectivity index (χ4v) is 3.72. The van der Waals surface area contributed by atoms with E-state index in [2.05, 4.69) is 18.1 Å². The first kappa shape index (κ1) is 19.0. The van der Waals surface area contributed by atoms with Gasteiger partial charge in [-0.3, -0.25) is 4.79 Å². The number of hydrogen-bond acceptors (Lipinski definition) is 2. The summed E-state index contributed by atoms with van der Waals surface area (Å²) in [5.74, 6) is 3.36. The van der Waals surface area contributed by atoms with Gasteiger partial charge in [0.05, 0.1) is 13.7 Å². The Morgan fingerprint density at radius 1 is 1.30 bits per heavy atom. The van der Waals surface area contributed by atoms with Crippen molar-refractivity contribution in [2.24, 2.45) is 0 Å². The number of aryl methyl sites for hydroxylation is 1. The lowest BCUT2D eigenvalue weighted by molar-refractivity contribution is -0.131. The number of fused-ring (bicyclic) bond motifs is 1. The van der Waals surface area contributed by atoms with Gasteiger partial charge in [0.25, 0.3) is 0 Å². The van der Waals surface area contributed by atoms with Crippen molar-refractivity contribution in [3.63, 3.8) is 0 Å². The Morgan fingerprint density at radius 2 is 2.07 bits per heavy atom. The number of benzene rings is 2. The molecule has 3 rings (SSSR count). The van der Waals surface area contributed by atoms with E-state index >= 15 is 0 Å². The molecule has 1 amide bonds. The lowest BCUT2D eigenvalue weighted by Crippen LogP contribution is -2.32. The minimum absolute atomic E-state index is 0.0333. The number of carbonyl (C=O) groups is 1. The Hall–Kier alpha value is -2.80. The number of terminal acetylenes is 1. The van der Waals surface area contributed by atoms with Gasteiger partial charge >= 0.3 is 0 Å². The molecule has 2 aromatic carbocycles. The maximum absolute atomic E-state index is 13.1. The molecule has 0 spiro atoms. The smallest absolute Gasteiger partial charge is 0.224 e. The van der Waals surface area contributed by atoms with E-state index in [1.807, 2.05) is 6.07 Å². The summed E-state index contributed by atoms with van der Waals surface area (Å²) in [5.41, 5.74) is 3.37. The summed E-state index contributed by atoms with van der Waals surface area (Å²) in [7, 11) is 1.67. The number of hydrogen-bond donors (Lipinski definition) is 0. The summed E-state index contributed by atoms with van der Waals surface area (Å²) in [6.07, 6.45) is 8.97. The number of carbonyl (C=O) groups excluding carboxylic acids is 1. The lowest BCUT2D eigenvalue weighted by atomic mass is 9.80. The number of rotatable bonds is 6. The minimum Gasteiger partial charge on any atom is -0.497 e. The first-order chi connectivity index (χ1) is 13.1. The van der Waals surface area contributed by atoms with E-state index < -0.39 is 0 Å². The van der Waals surface area contributed by atoms with Crippen molar-refractivity contribution in [3.8, 4) is 18.1 Å². The average Bonchev–Trinajstić information content (AvgIpc) is 2.69. The Kier molecular flexibility index (Phi) is 6.13. The van der Waals surface area contributed by atoms with Crippen LogP contribution in [0.3, 0.4) is 0 Å². The van der Waals surface area contributed by atoms with Crippen LogP contribution in [0, 0.1) is 18.2 Å². The van der Waals surface area contributed by atoms with Crippen LogP contribution in [0.2, 0.25) is 0 Å². The van der Waals surface area contributed by atoms with Crippen molar-refractivity contribution >= 4 is 5.91 Å². The number of halogens is 1. The molecule has 0 heterocycles. The highest BCUT2D eigenvalue weighted by Gasteiger charge is 2.25. The third-order valence-corrected chi connectivity index (χ3v) is 5.13. The zero-order chi connectivity index (χ0) is 19.2. The number of amides is 1. The van der Waals surface area contributed by atoms with Gasteiger partial charge < -0.3 is 9.64 Å². The molecular formula is C23H24FNO2. The predicted molar refractivity (Wildman–Crippen MR) is 104 cm³/mol. The van der Waals surface area contributed by atoms with Crippen LogP contribution in [-0.2, 0) is 17.8 Å². The highest BCUT2D eigenvalue weighted by molar-refractivity contribution is 5.77. The maximum atomic E-state index is 13.1. The van der Waals surface area contributed by atoms with Crippen molar-refractivity contribution in [2.75, 3.05) is 13.7 Å². The molecule has 1 aliphatic rings. The molecule has 0 N–H and O–H groups in total. The van der Waals surface area contributed by atoms with Crippen molar-refractivity contribution in [1.29, 1.82) is 0 Å². The van der Waals surface area contributed by atoms with E-state index in [0.717, 1.165) is 30.6 Å². The molecule has 0 saturated carbocycles. The van der Waals surface area contributed by atoms with Crippen molar-refractivity contribution < 1.29 is 13.9 Å². The van der Waals surface area contributed by atoms with Gasteiger partial charge in [0, 0.05) is 13.0 Å². The van der Waals surface area contributed by atoms with E-state index in [9.17, 15) is 9.18 Å². The van der Waals surface area contributed by atoms with Gasteiger partial charge in [0.1, 0.15) is 11.6 Å². The summed E-state index contributed by atoms with van der Waals surface area (Å²) in [5, 5.41) is 0. The zero-order valence-electron chi connectivity index (χ0n) is 15.6. The van der Waals surface area contributed by atoms with E-state index in [-0.39, 0.29) is 24.2 Å². The Labute approximate surface area is 160 Å². The summed E-state index contributed by atoms with van der Waals surface area (Å²) in [6, 6.07) is 12.3. The molecule has 0 aliphatic heterocycles. The molecule has 140 valence electrons. The van der Waals surface area contributed by atoms with Crippen LogP contribution in [0.25, 0.3) is 0 Å². The molecule has 3 nitrogen and oxygen atoms in total. The van der Waals surface area contributed by atoms with E-state index in [1.54, 1.807) is 24.1 Å². The van der Waals surface area contributed by atoms with Crippen LogP contribution in [0.1, 0.15) is 41.9 Å². The van der Waals surface area contributed by atoms with Crippen LogP contribution < -0.4 is 4.74 Å². The minimum atomic E-state index is -0.289. The fraction of sp³-hybridized carbons (Fsp3) is 0.348. The lowest BCUT2D eigenvalue weighted by Gasteiger charge is -2.28. The Morgan fingerprint density at radius 3 is 2.78 bits per heavy atom. The van der Waals surface area contributed by atoms with Gasteiger partial charge in [-0.05, 0) is 66.1 Å². The molecule has 1 aliphatic carbocycles. The quantitative estimate of drug-likeness (QED) is 0.714. The molecule has 0 radical (unpaired) electrons. The number of nitrogens with zero attached hydrogens (tertiary/aromatic N) is 1. The average molecular weight is 365 g/mol. The first-order valence-corrected chi connectivity index (χ1v) is 9.23. The second kappa shape index (κ2) is 8.73.